The zero-order chi connectivity index (χ0) is 25.5. The van der Waals surface area contributed by atoms with Crippen LogP contribution < -0.4 is 5.32 Å². The first kappa shape index (κ1) is 26.8. The largest absolute Gasteiger partial charge is 0.468 e. The molecule has 34 heavy (non-hydrogen) atoms. The van der Waals surface area contributed by atoms with Crippen molar-refractivity contribution in [1.82, 2.24) is 5.32 Å². The molecule has 2 rings (SSSR count). The first-order valence-electron chi connectivity index (χ1n) is 10.4. The molecule has 2 aromatic rings. The third-order valence-electron chi connectivity index (χ3n) is 4.80. The molecule has 11 heteroatoms. The summed E-state index contributed by atoms with van der Waals surface area (Å²) in [6, 6.07) is 12.1. The van der Waals surface area contributed by atoms with E-state index in [1.54, 1.807) is 20.8 Å². The number of non-ortho nitro benzene ring substituents is 1. The number of benzene rings is 2. The van der Waals surface area contributed by atoms with Gasteiger partial charge in [0.2, 0.25) is 0 Å². The van der Waals surface area contributed by atoms with Gasteiger partial charge in [-0.25, -0.2) is 13.2 Å². The number of hydrogen-bond donors (Lipinski definition) is 1. The third-order valence-corrected chi connectivity index (χ3v) is 6.92. The van der Waals surface area contributed by atoms with Crippen molar-refractivity contribution >= 4 is 27.6 Å². The average Bonchev–Trinajstić information content (AvgIpc) is 2.76. The molecule has 0 bridgehead atoms. The maximum atomic E-state index is 13.5. The number of esters is 1. The maximum absolute atomic E-state index is 13.5. The van der Waals surface area contributed by atoms with Gasteiger partial charge >= 0.3 is 12.1 Å². The number of methoxy groups -OCH3 is 1. The van der Waals surface area contributed by atoms with E-state index in [4.69, 9.17) is 9.47 Å². The van der Waals surface area contributed by atoms with Crippen molar-refractivity contribution in [2.45, 2.75) is 55.4 Å². The predicted molar refractivity (Wildman–Crippen MR) is 124 cm³/mol. The number of sulfone groups is 1. The maximum Gasteiger partial charge on any atom is 0.407 e. The highest BCUT2D eigenvalue weighted by Crippen LogP contribution is 2.25. The lowest BCUT2D eigenvalue weighted by molar-refractivity contribution is -0.384. The molecule has 184 valence electrons. The monoisotopic (exact) mass is 492 g/mol. The van der Waals surface area contributed by atoms with E-state index in [1.807, 2.05) is 30.3 Å². The lowest BCUT2D eigenvalue weighted by Gasteiger charge is -2.28. The summed E-state index contributed by atoms with van der Waals surface area (Å²) >= 11 is 0. The number of ether oxygens (including phenoxy) is 2. The van der Waals surface area contributed by atoms with Gasteiger partial charge in [0.05, 0.1) is 23.0 Å². The minimum atomic E-state index is -4.42. The zero-order valence-corrected chi connectivity index (χ0v) is 20.2. The van der Waals surface area contributed by atoms with Gasteiger partial charge in [-0.15, -0.1) is 0 Å². The van der Waals surface area contributed by atoms with E-state index in [-0.39, 0.29) is 17.0 Å². The number of carbonyl (C=O) groups excluding carboxylic acids is 2. The van der Waals surface area contributed by atoms with Crippen LogP contribution in [-0.2, 0) is 30.5 Å². The van der Waals surface area contributed by atoms with E-state index in [1.165, 1.54) is 0 Å². The number of aryl methyl sites for hydroxylation is 1. The molecular weight excluding hydrogens is 464 g/mol. The molecule has 0 saturated carbocycles. The van der Waals surface area contributed by atoms with E-state index < -0.39 is 43.7 Å². The third kappa shape index (κ3) is 7.27. The molecule has 0 aromatic heterocycles. The molecule has 0 aliphatic heterocycles. The molecule has 1 N–H and O–H groups in total. The Balaban J connectivity index is 2.46. The summed E-state index contributed by atoms with van der Waals surface area (Å²) in [7, 11) is -3.37. The summed E-state index contributed by atoms with van der Waals surface area (Å²) < 4.78 is 37.0. The number of rotatable bonds is 9. The summed E-state index contributed by atoms with van der Waals surface area (Å²) in [5.74, 6) is -1.08. The standard InChI is InChI=1S/C23H28N2O8S/c1-23(2,3)33-22(27)24-19(15-10-16-8-6-5-7-9-16)20(21(26)32-4)34(30,31)18-13-11-17(12-14-18)25(28)29/h5-9,11-14,19-20H,10,15H2,1-4H3,(H,24,27)/t19-,20?/m0/s1. The van der Waals surface area contributed by atoms with Crippen LogP contribution in [0.25, 0.3) is 0 Å². The van der Waals surface area contributed by atoms with Crippen molar-refractivity contribution in [3.8, 4) is 0 Å². The molecule has 0 aliphatic carbocycles. The molecule has 0 fully saturated rings. The molecule has 0 spiro atoms. The summed E-state index contributed by atoms with van der Waals surface area (Å²) in [6.45, 7) is 4.95. The molecular formula is C23H28N2O8S. The Morgan fingerprint density at radius 3 is 2.15 bits per heavy atom. The van der Waals surface area contributed by atoms with Gasteiger partial charge in [-0.1, -0.05) is 30.3 Å². The number of nitro benzene ring substituents is 1. The Morgan fingerprint density at radius 1 is 1.06 bits per heavy atom. The molecule has 0 radical (unpaired) electrons. The van der Waals surface area contributed by atoms with Crippen LogP contribution in [0.3, 0.4) is 0 Å². The fourth-order valence-electron chi connectivity index (χ4n) is 3.25. The van der Waals surface area contributed by atoms with E-state index in [2.05, 4.69) is 5.32 Å². The van der Waals surface area contributed by atoms with Gasteiger partial charge in [-0.05, 0) is 51.3 Å². The van der Waals surface area contributed by atoms with Crippen molar-refractivity contribution in [3.63, 3.8) is 0 Å². The van der Waals surface area contributed by atoms with Crippen LogP contribution in [0.15, 0.2) is 59.5 Å². The van der Waals surface area contributed by atoms with Gasteiger partial charge in [0.15, 0.2) is 15.1 Å². The van der Waals surface area contributed by atoms with Crippen LogP contribution >= 0.6 is 0 Å². The fraction of sp³-hybridized carbons (Fsp3) is 0.391. The first-order valence-corrected chi connectivity index (χ1v) is 12.0. The van der Waals surface area contributed by atoms with Crippen LogP contribution in [-0.4, -0.2) is 49.4 Å². The summed E-state index contributed by atoms with van der Waals surface area (Å²) in [4.78, 5) is 35.2. The Morgan fingerprint density at radius 2 is 1.65 bits per heavy atom. The van der Waals surface area contributed by atoms with E-state index >= 15 is 0 Å². The number of alkyl carbamates (subject to hydrolysis) is 1. The van der Waals surface area contributed by atoms with Crippen LogP contribution in [0.5, 0.6) is 0 Å². The van der Waals surface area contributed by atoms with Gasteiger partial charge in [-0.3, -0.25) is 14.9 Å². The molecule has 0 aliphatic rings. The molecule has 2 aromatic carbocycles. The van der Waals surface area contributed by atoms with E-state index in [0.717, 1.165) is 36.9 Å². The second kappa shape index (κ2) is 11.1. The lowest BCUT2D eigenvalue weighted by atomic mass is 10.0. The first-order chi connectivity index (χ1) is 15.8. The molecule has 2 atom stereocenters. The molecule has 0 heterocycles. The van der Waals surface area contributed by atoms with Crippen molar-refractivity contribution in [1.29, 1.82) is 0 Å². The zero-order valence-electron chi connectivity index (χ0n) is 19.4. The average molecular weight is 493 g/mol. The topological polar surface area (TPSA) is 142 Å². The molecule has 10 nitrogen and oxygen atoms in total. The molecule has 1 amide bonds. The van der Waals surface area contributed by atoms with Crippen molar-refractivity contribution < 1.29 is 32.4 Å². The Kier molecular flexibility index (Phi) is 8.74. The highest BCUT2D eigenvalue weighted by Gasteiger charge is 2.43. The number of amides is 1. The normalized spacial score (nSPS) is 13.4. The van der Waals surface area contributed by atoms with Crippen molar-refractivity contribution in [2.24, 2.45) is 0 Å². The van der Waals surface area contributed by atoms with Crippen molar-refractivity contribution in [3.05, 3.63) is 70.3 Å². The minimum absolute atomic E-state index is 0.0786. The highest BCUT2D eigenvalue weighted by molar-refractivity contribution is 7.92. The van der Waals surface area contributed by atoms with Gasteiger partial charge in [-0.2, -0.15) is 0 Å². The van der Waals surface area contributed by atoms with E-state index in [0.29, 0.717) is 6.42 Å². The van der Waals surface area contributed by atoms with Gasteiger partial charge in [0.1, 0.15) is 5.60 Å². The second-order valence-corrected chi connectivity index (χ2v) is 10.6. The quantitative estimate of drug-likeness (QED) is 0.319. The highest BCUT2D eigenvalue weighted by atomic mass is 32.2. The lowest BCUT2D eigenvalue weighted by Crippen LogP contribution is -2.52. The number of hydrogen-bond acceptors (Lipinski definition) is 8. The number of nitrogens with one attached hydrogen (secondary N) is 1. The molecule has 1 unspecified atom stereocenters. The summed E-state index contributed by atoms with van der Waals surface area (Å²) in [5, 5.41) is 11.6. The van der Waals surface area contributed by atoms with Crippen molar-refractivity contribution in [2.75, 3.05) is 7.11 Å². The van der Waals surface area contributed by atoms with E-state index in [9.17, 15) is 28.1 Å². The number of nitrogens with zero attached hydrogens (tertiary/aromatic N) is 1. The Hall–Kier alpha value is -3.47. The minimum Gasteiger partial charge on any atom is -0.468 e. The van der Waals surface area contributed by atoms with Crippen LogP contribution in [0.2, 0.25) is 0 Å². The predicted octanol–water partition coefficient (Wildman–Crippen LogP) is 3.44. The Bertz CT molecular complexity index is 1110. The van der Waals surface area contributed by atoms with Gasteiger partial charge in [0, 0.05) is 12.1 Å². The van der Waals surface area contributed by atoms with Crippen LogP contribution in [0.4, 0.5) is 10.5 Å². The summed E-state index contributed by atoms with van der Waals surface area (Å²) in [6.07, 6.45) is -0.460. The number of carbonyl (C=O) groups is 2. The Labute approximate surface area is 198 Å². The number of nitro groups is 1. The smallest absolute Gasteiger partial charge is 0.407 e. The van der Waals surface area contributed by atoms with Crippen LogP contribution in [0.1, 0.15) is 32.8 Å². The second-order valence-electron chi connectivity index (χ2n) is 8.52. The fourth-order valence-corrected chi connectivity index (χ4v) is 5.05. The SMILES string of the molecule is COC(=O)C([C@H](CCc1ccccc1)NC(=O)OC(C)(C)C)S(=O)(=O)c1ccc([N+](=O)[O-])cc1. The van der Waals surface area contributed by atoms with Crippen LogP contribution in [0, 0.1) is 10.1 Å². The van der Waals surface area contributed by atoms with Gasteiger partial charge in [0.25, 0.3) is 5.69 Å². The van der Waals surface area contributed by atoms with Gasteiger partial charge < -0.3 is 14.8 Å². The summed E-state index contributed by atoms with van der Waals surface area (Å²) in [5.41, 5.74) is -0.289. The molecule has 0 saturated heterocycles.